The fraction of sp³-hybridized carbons (Fsp3) is 0. The number of para-hydroxylation sites is 4. The number of benzene rings is 8. The van der Waals surface area contributed by atoms with Gasteiger partial charge in [0, 0.05) is 54.9 Å². The van der Waals surface area contributed by atoms with Crippen LogP contribution in [0.4, 0.5) is 0 Å². The van der Waals surface area contributed by atoms with E-state index in [4.69, 9.17) is 19.4 Å². The van der Waals surface area contributed by atoms with Crippen LogP contribution in [0.5, 0.6) is 0 Å². The lowest BCUT2D eigenvalue weighted by Crippen LogP contribution is -1.99. The van der Waals surface area contributed by atoms with E-state index in [-0.39, 0.29) is 0 Å². The minimum atomic E-state index is 0.660. The molecule has 12 aromatic rings. The largest absolute Gasteiger partial charge is 0.454 e. The Labute approximate surface area is 333 Å². The fourth-order valence-corrected chi connectivity index (χ4v) is 8.80. The molecular formula is C53H32N4O. The second kappa shape index (κ2) is 12.8. The first-order valence-electron chi connectivity index (χ1n) is 19.5. The first-order chi connectivity index (χ1) is 28.8. The minimum absolute atomic E-state index is 0.660. The summed E-state index contributed by atoms with van der Waals surface area (Å²) in [6.45, 7) is 0. The first kappa shape index (κ1) is 32.4. The summed E-state index contributed by atoms with van der Waals surface area (Å²) in [6.07, 6.45) is 0. The van der Waals surface area contributed by atoms with Crippen LogP contribution in [-0.4, -0.2) is 19.5 Å². The molecule has 0 amide bonds. The van der Waals surface area contributed by atoms with E-state index in [0.717, 1.165) is 99.7 Å². The van der Waals surface area contributed by atoms with E-state index in [1.807, 2.05) is 24.3 Å². The van der Waals surface area contributed by atoms with Gasteiger partial charge in [0.05, 0.1) is 27.9 Å². The molecule has 4 aromatic heterocycles. The average Bonchev–Trinajstić information content (AvgIpc) is 3.86. The third kappa shape index (κ3) is 5.00. The van der Waals surface area contributed by atoms with Crippen LogP contribution in [-0.2, 0) is 0 Å². The molecule has 0 N–H and O–H groups in total. The number of rotatable bonds is 5. The Kier molecular flexibility index (Phi) is 7.16. The van der Waals surface area contributed by atoms with Crippen LogP contribution in [0.25, 0.3) is 116 Å². The van der Waals surface area contributed by atoms with E-state index >= 15 is 0 Å². The molecule has 0 bridgehead atoms. The third-order valence-corrected chi connectivity index (χ3v) is 11.4. The first-order valence-corrected chi connectivity index (χ1v) is 19.5. The van der Waals surface area contributed by atoms with Gasteiger partial charge in [0.2, 0.25) is 0 Å². The SMILES string of the molecule is c1ccc(-c2cc(-c3ccc(-c4nc5ccccc5c5c4oc4ccccc45)c4ccccc34)nc(-c3cccc(-n4c5ccccc5c5ccccc54)c3)n2)cc1. The Morgan fingerprint density at radius 3 is 1.76 bits per heavy atom. The van der Waals surface area contributed by atoms with E-state index in [0.29, 0.717) is 5.82 Å². The number of hydrogen-bond acceptors (Lipinski definition) is 4. The molecule has 5 heteroatoms. The maximum Gasteiger partial charge on any atom is 0.162 e. The van der Waals surface area contributed by atoms with Gasteiger partial charge in [0.1, 0.15) is 11.3 Å². The molecule has 4 heterocycles. The predicted octanol–water partition coefficient (Wildman–Crippen LogP) is 13.8. The van der Waals surface area contributed by atoms with Crippen molar-refractivity contribution in [1.82, 2.24) is 19.5 Å². The molecule has 0 fully saturated rings. The van der Waals surface area contributed by atoms with Crippen molar-refractivity contribution < 1.29 is 4.42 Å². The third-order valence-electron chi connectivity index (χ3n) is 11.4. The maximum atomic E-state index is 6.64. The molecule has 0 aliphatic heterocycles. The Morgan fingerprint density at radius 2 is 0.983 bits per heavy atom. The topological polar surface area (TPSA) is 56.7 Å². The summed E-state index contributed by atoms with van der Waals surface area (Å²) in [4.78, 5) is 15.9. The zero-order valence-corrected chi connectivity index (χ0v) is 31.2. The summed E-state index contributed by atoms with van der Waals surface area (Å²) < 4.78 is 8.97. The summed E-state index contributed by atoms with van der Waals surface area (Å²) in [7, 11) is 0. The van der Waals surface area contributed by atoms with E-state index in [9.17, 15) is 0 Å². The van der Waals surface area contributed by atoms with Crippen LogP contribution >= 0.6 is 0 Å². The van der Waals surface area contributed by atoms with Crippen molar-refractivity contribution in [3.05, 3.63) is 194 Å². The van der Waals surface area contributed by atoms with E-state index in [1.165, 1.54) is 10.8 Å². The van der Waals surface area contributed by atoms with E-state index < -0.39 is 0 Å². The van der Waals surface area contributed by atoms with Gasteiger partial charge in [0.25, 0.3) is 0 Å². The highest BCUT2D eigenvalue weighted by Gasteiger charge is 2.21. The summed E-state index contributed by atoms with van der Waals surface area (Å²) in [5, 5.41) is 7.84. The molecule has 12 rings (SSSR count). The number of fused-ring (bicyclic) bond motifs is 9. The van der Waals surface area contributed by atoms with Crippen molar-refractivity contribution in [2.75, 3.05) is 0 Å². The summed E-state index contributed by atoms with van der Waals surface area (Å²) >= 11 is 0. The van der Waals surface area contributed by atoms with Crippen molar-refractivity contribution in [3.63, 3.8) is 0 Å². The second-order valence-corrected chi connectivity index (χ2v) is 14.7. The van der Waals surface area contributed by atoms with Gasteiger partial charge < -0.3 is 8.98 Å². The average molecular weight is 741 g/mol. The van der Waals surface area contributed by atoms with Crippen LogP contribution in [0.15, 0.2) is 199 Å². The summed E-state index contributed by atoms with van der Waals surface area (Å²) in [5.41, 5.74) is 12.4. The highest BCUT2D eigenvalue weighted by atomic mass is 16.3. The van der Waals surface area contributed by atoms with Crippen LogP contribution in [0, 0.1) is 0 Å². The molecule has 270 valence electrons. The molecule has 0 aliphatic rings. The lowest BCUT2D eigenvalue weighted by Gasteiger charge is -2.15. The summed E-state index contributed by atoms with van der Waals surface area (Å²) in [5.74, 6) is 0.660. The molecule has 0 saturated heterocycles. The smallest absolute Gasteiger partial charge is 0.162 e. The van der Waals surface area contributed by atoms with E-state index in [1.54, 1.807) is 0 Å². The monoisotopic (exact) mass is 740 g/mol. The molecular weight excluding hydrogens is 709 g/mol. The molecule has 58 heavy (non-hydrogen) atoms. The van der Waals surface area contributed by atoms with Crippen molar-refractivity contribution in [2.45, 2.75) is 0 Å². The number of furan rings is 1. The number of pyridine rings is 1. The van der Waals surface area contributed by atoms with Gasteiger partial charge in [-0.05, 0) is 53.2 Å². The number of aromatic nitrogens is 4. The standard InChI is InChI=1S/C53H32N4O/c1-2-15-33(16-3-1)45-32-46(56-53(55-45)34-17-14-18-35(31-34)57-47-26-11-7-21-39(47)40-22-8-12-27-48(40)57)38-29-30-41(37-20-5-4-19-36(37)38)51-52-50(42-23-6-10-25-44(42)54-51)43-24-9-13-28-49(43)58-52/h1-32H. The van der Waals surface area contributed by atoms with Gasteiger partial charge in [-0.3, -0.25) is 0 Å². The van der Waals surface area contributed by atoms with Crippen LogP contribution in [0.1, 0.15) is 0 Å². The molecule has 0 unspecified atom stereocenters. The zero-order valence-electron chi connectivity index (χ0n) is 31.2. The minimum Gasteiger partial charge on any atom is -0.454 e. The highest BCUT2D eigenvalue weighted by Crippen LogP contribution is 2.43. The quantitative estimate of drug-likeness (QED) is 0.176. The van der Waals surface area contributed by atoms with Crippen molar-refractivity contribution in [1.29, 1.82) is 0 Å². The van der Waals surface area contributed by atoms with Crippen molar-refractivity contribution in [3.8, 4) is 50.8 Å². The molecule has 0 atom stereocenters. The zero-order chi connectivity index (χ0) is 38.2. The lowest BCUT2D eigenvalue weighted by atomic mass is 9.94. The molecule has 0 aliphatic carbocycles. The van der Waals surface area contributed by atoms with Crippen molar-refractivity contribution >= 4 is 65.4 Å². The molecule has 0 radical (unpaired) electrons. The van der Waals surface area contributed by atoms with Crippen LogP contribution in [0.2, 0.25) is 0 Å². The highest BCUT2D eigenvalue weighted by molar-refractivity contribution is 6.22. The van der Waals surface area contributed by atoms with Gasteiger partial charge in [-0.2, -0.15) is 0 Å². The summed E-state index contributed by atoms with van der Waals surface area (Å²) in [6, 6.07) is 67.7. The molecule has 5 nitrogen and oxygen atoms in total. The van der Waals surface area contributed by atoms with Crippen molar-refractivity contribution in [2.24, 2.45) is 0 Å². The lowest BCUT2D eigenvalue weighted by molar-refractivity contribution is 0.669. The van der Waals surface area contributed by atoms with E-state index in [2.05, 4.69) is 174 Å². The Bertz CT molecular complexity index is 3530. The van der Waals surface area contributed by atoms with Crippen LogP contribution < -0.4 is 0 Å². The van der Waals surface area contributed by atoms with Gasteiger partial charge >= 0.3 is 0 Å². The normalized spacial score (nSPS) is 11.8. The van der Waals surface area contributed by atoms with Crippen LogP contribution in [0.3, 0.4) is 0 Å². The van der Waals surface area contributed by atoms with Gasteiger partial charge in [-0.1, -0.05) is 152 Å². The van der Waals surface area contributed by atoms with Gasteiger partial charge in [-0.15, -0.1) is 0 Å². The fourth-order valence-electron chi connectivity index (χ4n) is 8.80. The molecule has 0 saturated carbocycles. The Hall–Kier alpha value is -7.89. The number of nitrogens with zero attached hydrogens (tertiary/aromatic N) is 4. The van der Waals surface area contributed by atoms with Gasteiger partial charge in [0.15, 0.2) is 11.4 Å². The van der Waals surface area contributed by atoms with Gasteiger partial charge in [-0.25, -0.2) is 15.0 Å². The predicted molar refractivity (Wildman–Crippen MR) is 238 cm³/mol. The second-order valence-electron chi connectivity index (χ2n) is 14.7. The molecule has 0 spiro atoms. The molecule has 8 aromatic carbocycles. The number of hydrogen-bond donors (Lipinski definition) is 0. The Morgan fingerprint density at radius 1 is 0.397 bits per heavy atom. The Balaban J connectivity index is 1.07. The maximum absolute atomic E-state index is 6.64.